The standard InChI is InChI=1S/C10H10F4N2O/c11-7-2-1-5(8(15)4-9(16)17)3-6(7)10(12,13)14/h1-3,8H,4,15H2,(H2,16,17)/t8-/m0/s1. The molecule has 0 heterocycles. The van der Waals surface area contributed by atoms with Crippen LogP contribution in [0.4, 0.5) is 17.6 Å². The van der Waals surface area contributed by atoms with E-state index in [4.69, 9.17) is 11.5 Å². The van der Waals surface area contributed by atoms with Gasteiger partial charge in [0.25, 0.3) is 0 Å². The number of hydrogen-bond acceptors (Lipinski definition) is 2. The van der Waals surface area contributed by atoms with Crippen LogP contribution >= 0.6 is 0 Å². The van der Waals surface area contributed by atoms with Gasteiger partial charge in [-0.25, -0.2) is 4.39 Å². The maximum Gasteiger partial charge on any atom is 0.419 e. The molecule has 3 nitrogen and oxygen atoms in total. The predicted octanol–water partition coefficient (Wildman–Crippen LogP) is 1.72. The molecule has 1 aromatic carbocycles. The molecule has 0 aliphatic heterocycles. The molecule has 0 aliphatic rings. The zero-order valence-electron chi connectivity index (χ0n) is 8.59. The second-order valence-electron chi connectivity index (χ2n) is 3.51. The zero-order chi connectivity index (χ0) is 13.2. The fourth-order valence-corrected chi connectivity index (χ4v) is 1.33. The first-order valence-electron chi connectivity index (χ1n) is 4.62. The third-order valence-electron chi connectivity index (χ3n) is 2.15. The molecule has 94 valence electrons. The monoisotopic (exact) mass is 250 g/mol. The molecule has 1 amide bonds. The minimum Gasteiger partial charge on any atom is -0.370 e. The van der Waals surface area contributed by atoms with Crippen LogP contribution in [0.15, 0.2) is 18.2 Å². The Morgan fingerprint density at radius 3 is 2.41 bits per heavy atom. The largest absolute Gasteiger partial charge is 0.419 e. The lowest BCUT2D eigenvalue weighted by atomic mass is 10.0. The van der Waals surface area contributed by atoms with Crippen molar-refractivity contribution in [3.8, 4) is 0 Å². The van der Waals surface area contributed by atoms with E-state index in [-0.39, 0.29) is 12.0 Å². The average molecular weight is 250 g/mol. The lowest BCUT2D eigenvalue weighted by Crippen LogP contribution is -2.21. The van der Waals surface area contributed by atoms with Crippen molar-refractivity contribution >= 4 is 5.91 Å². The van der Waals surface area contributed by atoms with Crippen LogP contribution in [0.5, 0.6) is 0 Å². The van der Waals surface area contributed by atoms with E-state index in [1.165, 1.54) is 0 Å². The van der Waals surface area contributed by atoms with Crippen molar-refractivity contribution < 1.29 is 22.4 Å². The first kappa shape index (κ1) is 13.4. The Labute approximate surface area is 94.4 Å². The number of amides is 1. The van der Waals surface area contributed by atoms with Crippen LogP contribution in [0.25, 0.3) is 0 Å². The van der Waals surface area contributed by atoms with Gasteiger partial charge in [-0.2, -0.15) is 13.2 Å². The van der Waals surface area contributed by atoms with E-state index in [1.54, 1.807) is 0 Å². The molecule has 7 heteroatoms. The topological polar surface area (TPSA) is 69.1 Å². The molecule has 0 radical (unpaired) electrons. The molecule has 0 unspecified atom stereocenters. The molecule has 1 aromatic rings. The van der Waals surface area contributed by atoms with E-state index >= 15 is 0 Å². The molecule has 0 aromatic heterocycles. The van der Waals surface area contributed by atoms with E-state index in [1.807, 2.05) is 0 Å². The summed E-state index contributed by atoms with van der Waals surface area (Å²) in [4.78, 5) is 10.6. The molecule has 1 rings (SSSR count). The Hall–Kier alpha value is -1.63. The molecule has 0 aliphatic carbocycles. The summed E-state index contributed by atoms with van der Waals surface area (Å²) in [6, 6.07) is 1.37. The highest BCUT2D eigenvalue weighted by molar-refractivity contribution is 5.74. The van der Waals surface area contributed by atoms with Crippen LogP contribution in [-0.2, 0) is 11.0 Å². The summed E-state index contributed by atoms with van der Waals surface area (Å²) in [7, 11) is 0. The average Bonchev–Trinajstić information content (AvgIpc) is 2.15. The van der Waals surface area contributed by atoms with Gasteiger partial charge in [0, 0.05) is 12.5 Å². The van der Waals surface area contributed by atoms with Gasteiger partial charge in [0.1, 0.15) is 5.82 Å². The quantitative estimate of drug-likeness (QED) is 0.802. The highest BCUT2D eigenvalue weighted by atomic mass is 19.4. The van der Waals surface area contributed by atoms with E-state index < -0.39 is 29.5 Å². The van der Waals surface area contributed by atoms with Gasteiger partial charge in [0.15, 0.2) is 0 Å². The Kier molecular flexibility index (Phi) is 3.72. The minimum atomic E-state index is -4.80. The summed E-state index contributed by atoms with van der Waals surface area (Å²) in [6.45, 7) is 0. The van der Waals surface area contributed by atoms with Crippen molar-refractivity contribution in [1.29, 1.82) is 0 Å². The molecule has 0 bridgehead atoms. The Morgan fingerprint density at radius 2 is 1.94 bits per heavy atom. The fraction of sp³-hybridized carbons (Fsp3) is 0.300. The summed E-state index contributed by atoms with van der Waals surface area (Å²) >= 11 is 0. The Morgan fingerprint density at radius 1 is 1.35 bits per heavy atom. The SMILES string of the molecule is NC(=O)C[C@H](N)c1ccc(F)c(C(F)(F)F)c1. The fourth-order valence-electron chi connectivity index (χ4n) is 1.33. The van der Waals surface area contributed by atoms with Crippen molar-refractivity contribution in [2.24, 2.45) is 11.5 Å². The van der Waals surface area contributed by atoms with Gasteiger partial charge in [-0.15, -0.1) is 0 Å². The summed E-state index contributed by atoms with van der Waals surface area (Å²) in [6.07, 6.45) is -5.10. The number of benzene rings is 1. The van der Waals surface area contributed by atoms with Crippen LogP contribution in [0, 0.1) is 5.82 Å². The summed E-state index contributed by atoms with van der Waals surface area (Å²) < 4.78 is 50.1. The van der Waals surface area contributed by atoms with E-state index in [0.29, 0.717) is 12.1 Å². The Balaban J connectivity index is 3.08. The van der Waals surface area contributed by atoms with Crippen LogP contribution in [0.3, 0.4) is 0 Å². The molecular weight excluding hydrogens is 240 g/mol. The van der Waals surface area contributed by atoms with E-state index in [2.05, 4.69) is 0 Å². The second kappa shape index (κ2) is 4.70. The molecular formula is C10H10F4N2O. The van der Waals surface area contributed by atoms with Crippen molar-refractivity contribution in [1.82, 2.24) is 0 Å². The number of primary amides is 1. The van der Waals surface area contributed by atoms with Crippen LogP contribution in [-0.4, -0.2) is 5.91 Å². The second-order valence-corrected chi connectivity index (χ2v) is 3.51. The number of halogens is 4. The van der Waals surface area contributed by atoms with Crippen LogP contribution < -0.4 is 11.5 Å². The van der Waals surface area contributed by atoms with Crippen LogP contribution in [0.1, 0.15) is 23.6 Å². The van der Waals surface area contributed by atoms with Gasteiger partial charge in [-0.1, -0.05) is 6.07 Å². The van der Waals surface area contributed by atoms with E-state index in [9.17, 15) is 22.4 Å². The highest BCUT2D eigenvalue weighted by Gasteiger charge is 2.34. The van der Waals surface area contributed by atoms with Gasteiger partial charge in [0.2, 0.25) is 5.91 Å². The van der Waals surface area contributed by atoms with Gasteiger partial charge in [-0.05, 0) is 17.7 Å². The molecule has 0 spiro atoms. The van der Waals surface area contributed by atoms with Gasteiger partial charge < -0.3 is 11.5 Å². The maximum absolute atomic E-state index is 12.9. The van der Waals surface area contributed by atoms with Crippen molar-refractivity contribution in [3.05, 3.63) is 35.1 Å². The molecule has 0 saturated heterocycles. The lowest BCUT2D eigenvalue weighted by molar-refractivity contribution is -0.140. The van der Waals surface area contributed by atoms with Gasteiger partial charge in [-0.3, -0.25) is 4.79 Å². The van der Waals surface area contributed by atoms with Gasteiger partial charge >= 0.3 is 6.18 Å². The number of rotatable bonds is 3. The third-order valence-corrected chi connectivity index (χ3v) is 2.15. The van der Waals surface area contributed by atoms with Crippen molar-refractivity contribution in [2.75, 3.05) is 0 Å². The minimum absolute atomic E-state index is 0.0116. The Bertz CT molecular complexity index is 431. The summed E-state index contributed by atoms with van der Waals surface area (Å²) in [5, 5.41) is 0. The number of alkyl halides is 3. The number of hydrogen-bond donors (Lipinski definition) is 2. The molecule has 17 heavy (non-hydrogen) atoms. The number of carbonyl (C=O) groups is 1. The first-order valence-corrected chi connectivity index (χ1v) is 4.62. The molecule has 4 N–H and O–H groups in total. The molecule has 1 atom stereocenters. The predicted molar refractivity (Wildman–Crippen MR) is 52.1 cm³/mol. The lowest BCUT2D eigenvalue weighted by Gasteiger charge is -2.13. The molecule has 0 fully saturated rings. The van der Waals surface area contributed by atoms with Crippen molar-refractivity contribution in [3.63, 3.8) is 0 Å². The molecule has 0 saturated carbocycles. The highest BCUT2D eigenvalue weighted by Crippen LogP contribution is 2.33. The first-order chi connectivity index (χ1) is 7.71. The summed E-state index contributed by atoms with van der Waals surface area (Å²) in [5.41, 5.74) is 8.94. The maximum atomic E-state index is 12.9. The normalized spacial score (nSPS) is 13.5. The zero-order valence-corrected chi connectivity index (χ0v) is 8.59. The smallest absolute Gasteiger partial charge is 0.370 e. The summed E-state index contributed by atoms with van der Waals surface area (Å²) in [5.74, 6) is -2.12. The van der Waals surface area contributed by atoms with Crippen molar-refractivity contribution in [2.45, 2.75) is 18.6 Å². The van der Waals surface area contributed by atoms with Crippen LogP contribution in [0.2, 0.25) is 0 Å². The third kappa shape index (κ3) is 3.42. The van der Waals surface area contributed by atoms with Gasteiger partial charge in [0.05, 0.1) is 5.56 Å². The number of carbonyl (C=O) groups excluding carboxylic acids is 1. The van der Waals surface area contributed by atoms with E-state index in [0.717, 1.165) is 6.07 Å². The number of nitrogens with two attached hydrogens (primary N) is 2.